The molecule has 1 aliphatic heterocycles. The quantitative estimate of drug-likeness (QED) is 0.545. The van der Waals surface area contributed by atoms with E-state index >= 15 is 0 Å². The average Bonchev–Trinajstić information content (AvgIpc) is 2.39. The van der Waals surface area contributed by atoms with E-state index in [0.29, 0.717) is 6.04 Å². The first kappa shape index (κ1) is 9.62. The Balaban J connectivity index is 2.26. The Morgan fingerprint density at radius 2 is 2.29 bits per heavy atom. The highest BCUT2D eigenvalue weighted by Crippen LogP contribution is 2.28. The average molecular weight is 206 g/mol. The van der Waals surface area contributed by atoms with Crippen LogP contribution in [0.1, 0.15) is 6.92 Å². The molecule has 0 aromatic heterocycles. The number of para-hydroxylation sites is 1. The molecule has 1 aromatic rings. The molecular formula is C11H14N2S. The lowest BCUT2D eigenvalue weighted by Crippen LogP contribution is -2.28. The summed E-state index contributed by atoms with van der Waals surface area (Å²) in [5.74, 6) is 0. The van der Waals surface area contributed by atoms with Gasteiger partial charge in [0.25, 0.3) is 0 Å². The van der Waals surface area contributed by atoms with Crippen LogP contribution in [0.3, 0.4) is 0 Å². The zero-order chi connectivity index (χ0) is 9.97. The molecule has 0 amide bonds. The molecule has 74 valence electrons. The van der Waals surface area contributed by atoms with Crippen molar-refractivity contribution < 1.29 is 0 Å². The van der Waals surface area contributed by atoms with Crippen LogP contribution in [0, 0.1) is 0 Å². The zero-order valence-electron chi connectivity index (χ0n) is 8.21. The van der Waals surface area contributed by atoms with Gasteiger partial charge in [-0.25, -0.2) is 0 Å². The van der Waals surface area contributed by atoms with Crippen LogP contribution in [0.25, 0.3) is 0 Å². The third-order valence-electron chi connectivity index (χ3n) is 2.28. The van der Waals surface area contributed by atoms with E-state index in [-0.39, 0.29) is 0 Å². The van der Waals surface area contributed by atoms with Gasteiger partial charge in [0, 0.05) is 17.1 Å². The smallest absolute Gasteiger partial charge is 0.0602 e. The summed E-state index contributed by atoms with van der Waals surface area (Å²) in [6, 6.07) is 8.64. The maximum Gasteiger partial charge on any atom is 0.0602 e. The maximum atomic E-state index is 3.98. The van der Waals surface area contributed by atoms with Crippen molar-refractivity contribution in [2.45, 2.75) is 17.9 Å². The minimum Gasteiger partial charge on any atom is -0.376 e. The number of hydrogen-bond donors (Lipinski definition) is 2. The fraction of sp³-hybridized carbons (Fsp3) is 0.273. The molecule has 0 spiro atoms. The van der Waals surface area contributed by atoms with Crippen molar-refractivity contribution in [3.05, 3.63) is 36.4 Å². The van der Waals surface area contributed by atoms with Crippen LogP contribution in [-0.2, 0) is 0 Å². The van der Waals surface area contributed by atoms with E-state index < -0.39 is 0 Å². The second-order valence-corrected chi connectivity index (χ2v) is 4.42. The third kappa shape index (κ3) is 1.94. The van der Waals surface area contributed by atoms with Crippen molar-refractivity contribution in [2.75, 3.05) is 11.9 Å². The second kappa shape index (κ2) is 4.07. The topological polar surface area (TPSA) is 24.1 Å². The lowest BCUT2D eigenvalue weighted by atomic mass is 10.1. The number of anilines is 1. The van der Waals surface area contributed by atoms with E-state index in [0.717, 1.165) is 12.1 Å². The predicted octanol–water partition coefficient (Wildman–Crippen LogP) is 2.65. The summed E-state index contributed by atoms with van der Waals surface area (Å²) in [7, 11) is 0. The van der Waals surface area contributed by atoms with Crippen molar-refractivity contribution >= 4 is 17.6 Å². The van der Waals surface area contributed by atoms with Gasteiger partial charge in [0.2, 0.25) is 0 Å². The van der Waals surface area contributed by atoms with Crippen LogP contribution in [-0.4, -0.2) is 12.6 Å². The highest BCUT2D eigenvalue weighted by atomic mass is 32.2. The molecule has 0 saturated carbocycles. The fourth-order valence-corrected chi connectivity index (χ4v) is 2.20. The Bertz CT molecular complexity index is 349. The van der Waals surface area contributed by atoms with Gasteiger partial charge in [-0.2, -0.15) is 0 Å². The van der Waals surface area contributed by atoms with Gasteiger partial charge in [0.05, 0.1) is 6.04 Å². The van der Waals surface area contributed by atoms with E-state index in [1.807, 2.05) is 6.07 Å². The first-order valence-electron chi connectivity index (χ1n) is 4.68. The van der Waals surface area contributed by atoms with Gasteiger partial charge in [-0.15, -0.1) is 0 Å². The van der Waals surface area contributed by atoms with E-state index in [1.54, 1.807) is 11.9 Å². The second-order valence-electron chi connectivity index (χ2n) is 3.49. The standard InChI is InChI=1S/C11H14N2S/c1-8(2)10-7-12-14-11-6-4-3-5-9(11)13-10/h3-6,10,12-13H,1,7H2,2H3. The van der Waals surface area contributed by atoms with Gasteiger partial charge in [-0.05, 0) is 31.0 Å². The summed E-state index contributed by atoms with van der Waals surface area (Å²) in [6.07, 6.45) is 0. The Morgan fingerprint density at radius 3 is 3.07 bits per heavy atom. The molecule has 0 radical (unpaired) electrons. The van der Waals surface area contributed by atoms with Crippen LogP contribution in [0.5, 0.6) is 0 Å². The summed E-state index contributed by atoms with van der Waals surface area (Å²) < 4.78 is 3.33. The van der Waals surface area contributed by atoms with Crippen molar-refractivity contribution in [1.82, 2.24) is 4.72 Å². The largest absolute Gasteiger partial charge is 0.376 e. The molecule has 1 aliphatic rings. The first-order chi connectivity index (χ1) is 6.77. The lowest BCUT2D eigenvalue weighted by Gasteiger charge is -2.17. The predicted molar refractivity (Wildman–Crippen MR) is 62.5 cm³/mol. The van der Waals surface area contributed by atoms with Gasteiger partial charge < -0.3 is 5.32 Å². The highest BCUT2D eigenvalue weighted by Gasteiger charge is 2.15. The molecule has 0 saturated heterocycles. The molecule has 1 unspecified atom stereocenters. The molecule has 2 N–H and O–H groups in total. The van der Waals surface area contributed by atoms with E-state index in [1.165, 1.54) is 10.6 Å². The minimum atomic E-state index is 0.325. The first-order valence-corrected chi connectivity index (χ1v) is 5.49. The van der Waals surface area contributed by atoms with Gasteiger partial charge >= 0.3 is 0 Å². The van der Waals surface area contributed by atoms with Crippen molar-refractivity contribution in [3.63, 3.8) is 0 Å². The maximum absolute atomic E-state index is 3.98. The summed E-state index contributed by atoms with van der Waals surface area (Å²) >= 11 is 1.68. The van der Waals surface area contributed by atoms with Crippen LogP contribution in [0.4, 0.5) is 5.69 Å². The summed E-state index contributed by atoms with van der Waals surface area (Å²) in [4.78, 5) is 1.25. The van der Waals surface area contributed by atoms with Crippen LogP contribution in [0.2, 0.25) is 0 Å². The number of fused-ring (bicyclic) bond motifs is 1. The summed E-state index contributed by atoms with van der Waals surface area (Å²) in [6.45, 7) is 6.95. The molecule has 14 heavy (non-hydrogen) atoms. The molecule has 0 bridgehead atoms. The Labute approximate surface area is 88.9 Å². The highest BCUT2D eigenvalue weighted by molar-refractivity contribution is 7.97. The lowest BCUT2D eigenvalue weighted by molar-refractivity contribution is 0.800. The van der Waals surface area contributed by atoms with Crippen LogP contribution < -0.4 is 10.0 Å². The number of nitrogens with one attached hydrogen (secondary N) is 2. The van der Waals surface area contributed by atoms with Gasteiger partial charge in [0.1, 0.15) is 0 Å². The normalized spacial score (nSPS) is 20.5. The van der Waals surface area contributed by atoms with Crippen LogP contribution in [0.15, 0.2) is 41.3 Å². The molecule has 2 rings (SSSR count). The van der Waals surface area contributed by atoms with E-state index in [2.05, 4.69) is 41.7 Å². The monoisotopic (exact) mass is 206 g/mol. The number of hydrogen-bond acceptors (Lipinski definition) is 3. The van der Waals surface area contributed by atoms with Crippen molar-refractivity contribution in [2.24, 2.45) is 0 Å². The molecule has 2 nitrogen and oxygen atoms in total. The van der Waals surface area contributed by atoms with Crippen LogP contribution >= 0.6 is 11.9 Å². The summed E-state index contributed by atoms with van der Waals surface area (Å²) in [5.41, 5.74) is 2.35. The number of benzene rings is 1. The van der Waals surface area contributed by atoms with Gasteiger partial charge in [-0.3, -0.25) is 4.72 Å². The Morgan fingerprint density at radius 1 is 1.50 bits per heavy atom. The Kier molecular flexibility index (Phi) is 2.79. The molecule has 3 heteroatoms. The van der Waals surface area contributed by atoms with E-state index in [4.69, 9.17) is 0 Å². The van der Waals surface area contributed by atoms with Crippen molar-refractivity contribution in [1.29, 1.82) is 0 Å². The van der Waals surface area contributed by atoms with Crippen molar-refractivity contribution in [3.8, 4) is 0 Å². The molecular weight excluding hydrogens is 192 g/mol. The molecule has 1 aromatic carbocycles. The SMILES string of the molecule is C=C(C)C1CNSc2ccccc2N1. The molecule has 1 heterocycles. The minimum absolute atomic E-state index is 0.325. The van der Waals surface area contributed by atoms with E-state index in [9.17, 15) is 0 Å². The van der Waals surface area contributed by atoms with Gasteiger partial charge in [0.15, 0.2) is 0 Å². The fourth-order valence-electron chi connectivity index (χ4n) is 1.41. The molecule has 0 fully saturated rings. The summed E-state index contributed by atoms with van der Waals surface area (Å²) in [5, 5.41) is 3.48. The van der Waals surface area contributed by atoms with Gasteiger partial charge in [-0.1, -0.05) is 24.3 Å². The molecule has 1 atom stereocenters. The third-order valence-corrected chi connectivity index (χ3v) is 3.17. The number of rotatable bonds is 1. The molecule has 0 aliphatic carbocycles. The Hall–Kier alpha value is -0.930. The zero-order valence-corrected chi connectivity index (χ0v) is 9.03.